The Morgan fingerprint density at radius 2 is 1.79 bits per heavy atom. The zero-order valence-corrected chi connectivity index (χ0v) is 10.6. The zero-order valence-electron chi connectivity index (χ0n) is 10.6. The van der Waals surface area contributed by atoms with Crippen molar-refractivity contribution in [2.75, 3.05) is 13.6 Å². The Morgan fingerprint density at radius 3 is 2.21 bits per heavy atom. The van der Waals surface area contributed by atoms with Gasteiger partial charge in [0, 0.05) is 0 Å². The minimum Gasteiger partial charge on any atom is -0.320 e. The SMILES string of the molecule is C=CC(C)(C)CC(C)(C)CCCNC. The Morgan fingerprint density at radius 1 is 1.21 bits per heavy atom. The van der Waals surface area contributed by atoms with Gasteiger partial charge in [0.25, 0.3) is 0 Å². The molecule has 0 aliphatic carbocycles. The summed E-state index contributed by atoms with van der Waals surface area (Å²) in [6.45, 7) is 14.3. The molecule has 0 atom stereocenters. The van der Waals surface area contributed by atoms with Gasteiger partial charge in [-0.1, -0.05) is 33.8 Å². The Balaban J connectivity index is 3.99. The van der Waals surface area contributed by atoms with Gasteiger partial charge in [-0.3, -0.25) is 0 Å². The van der Waals surface area contributed by atoms with Gasteiger partial charge >= 0.3 is 0 Å². The summed E-state index contributed by atoms with van der Waals surface area (Å²) < 4.78 is 0. The van der Waals surface area contributed by atoms with Crippen LogP contribution in [0, 0.1) is 10.8 Å². The molecule has 0 aromatic carbocycles. The fourth-order valence-electron chi connectivity index (χ4n) is 2.14. The van der Waals surface area contributed by atoms with Gasteiger partial charge in [0.15, 0.2) is 0 Å². The van der Waals surface area contributed by atoms with Crippen molar-refractivity contribution in [1.29, 1.82) is 0 Å². The Bertz CT molecular complexity index is 168. The maximum absolute atomic E-state index is 3.90. The van der Waals surface area contributed by atoms with Crippen LogP contribution in [0.2, 0.25) is 0 Å². The van der Waals surface area contributed by atoms with E-state index in [4.69, 9.17) is 0 Å². The Labute approximate surface area is 90.0 Å². The average Bonchev–Trinajstić information content (AvgIpc) is 2.03. The van der Waals surface area contributed by atoms with Gasteiger partial charge in [-0.05, 0) is 43.7 Å². The molecule has 0 aliphatic rings. The molecule has 0 heterocycles. The molecule has 0 bridgehead atoms. The highest BCUT2D eigenvalue weighted by Crippen LogP contribution is 2.37. The Kier molecular flexibility index (Phi) is 5.43. The van der Waals surface area contributed by atoms with Gasteiger partial charge in [-0.2, -0.15) is 0 Å². The molecular weight excluding hydrogens is 170 g/mol. The molecular formula is C13H27N. The first kappa shape index (κ1) is 13.7. The number of nitrogens with one attached hydrogen (secondary N) is 1. The van der Waals surface area contributed by atoms with Gasteiger partial charge in [0.2, 0.25) is 0 Å². The van der Waals surface area contributed by atoms with E-state index in [1.165, 1.54) is 19.3 Å². The third kappa shape index (κ3) is 6.20. The summed E-state index contributed by atoms with van der Waals surface area (Å²) in [5, 5.41) is 3.20. The van der Waals surface area contributed by atoms with Crippen LogP contribution in [0.25, 0.3) is 0 Å². The molecule has 0 saturated carbocycles. The molecule has 0 rings (SSSR count). The number of rotatable bonds is 7. The maximum Gasteiger partial charge on any atom is -0.00517 e. The van der Waals surface area contributed by atoms with E-state index in [1.807, 2.05) is 7.05 Å². The van der Waals surface area contributed by atoms with Gasteiger partial charge in [-0.25, -0.2) is 0 Å². The lowest BCUT2D eigenvalue weighted by Gasteiger charge is -2.33. The van der Waals surface area contributed by atoms with Crippen LogP contribution in [-0.2, 0) is 0 Å². The second-order valence-electron chi connectivity index (χ2n) is 5.74. The van der Waals surface area contributed by atoms with Crippen LogP contribution < -0.4 is 5.32 Å². The average molecular weight is 197 g/mol. The van der Waals surface area contributed by atoms with Crippen LogP contribution in [0.5, 0.6) is 0 Å². The molecule has 14 heavy (non-hydrogen) atoms. The second kappa shape index (κ2) is 5.55. The molecule has 0 aliphatic heterocycles. The van der Waals surface area contributed by atoms with Gasteiger partial charge in [0.1, 0.15) is 0 Å². The highest BCUT2D eigenvalue weighted by Gasteiger charge is 2.25. The third-order valence-electron chi connectivity index (χ3n) is 2.77. The Hall–Kier alpha value is -0.300. The van der Waals surface area contributed by atoms with Crippen molar-refractivity contribution < 1.29 is 0 Å². The molecule has 0 unspecified atom stereocenters. The van der Waals surface area contributed by atoms with Crippen molar-refractivity contribution in [2.45, 2.75) is 47.0 Å². The summed E-state index contributed by atoms with van der Waals surface area (Å²) in [5.74, 6) is 0. The van der Waals surface area contributed by atoms with Crippen LogP contribution in [-0.4, -0.2) is 13.6 Å². The van der Waals surface area contributed by atoms with Crippen LogP contribution in [0.1, 0.15) is 47.0 Å². The molecule has 0 amide bonds. The molecule has 0 fully saturated rings. The van der Waals surface area contributed by atoms with Crippen LogP contribution in [0.3, 0.4) is 0 Å². The first-order valence-electron chi connectivity index (χ1n) is 5.61. The lowest BCUT2D eigenvalue weighted by atomic mass is 9.73. The predicted molar refractivity (Wildman–Crippen MR) is 65.5 cm³/mol. The van der Waals surface area contributed by atoms with E-state index < -0.39 is 0 Å². The molecule has 0 aromatic rings. The van der Waals surface area contributed by atoms with Crippen molar-refractivity contribution >= 4 is 0 Å². The van der Waals surface area contributed by atoms with Gasteiger partial charge in [0.05, 0.1) is 0 Å². The summed E-state index contributed by atoms with van der Waals surface area (Å²) in [6, 6.07) is 0. The number of hydrogen-bond donors (Lipinski definition) is 1. The molecule has 1 heteroatoms. The third-order valence-corrected chi connectivity index (χ3v) is 2.77. The largest absolute Gasteiger partial charge is 0.320 e. The van der Waals surface area contributed by atoms with E-state index >= 15 is 0 Å². The maximum atomic E-state index is 3.90. The lowest BCUT2D eigenvalue weighted by Crippen LogP contribution is -2.22. The molecule has 0 spiro atoms. The fourth-order valence-corrected chi connectivity index (χ4v) is 2.14. The van der Waals surface area contributed by atoms with Crippen LogP contribution in [0.15, 0.2) is 12.7 Å². The van der Waals surface area contributed by atoms with Crippen LogP contribution >= 0.6 is 0 Å². The molecule has 1 nitrogen and oxygen atoms in total. The van der Waals surface area contributed by atoms with Crippen molar-refractivity contribution in [3.63, 3.8) is 0 Å². The van der Waals surface area contributed by atoms with Crippen molar-refractivity contribution in [2.24, 2.45) is 10.8 Å². The normalized spacial score (nSPS) is 12.9. The number of hydrogen-bond acceptors (Lipinski definition) is 1. The van der Waals surface area contributed by atoms with Crippen molar-refractivity contribution in [1.82, 2.24) is 5.32 Å². The molecule has 84 valence electrons. The molecule has 0 saturated heterocycles. The monoisotopic (exact) mass is 197 g/mol. The second-order valence-corrected chi connectivity index (χ2v) is 5.74. The highest BCUT2D eigenvalue weighted by atomic mass is 14.8. The molecule has 1 N–H and O–H groups in total. The minimum absolute atomic E-state index is 0.267. The summed E-state index contributed by atoms with van der Waals surface area (Å²) in [4.78, 5) is 0. The molecule has 0 radical (unpaired) electrons. The smallest absolute Gasteiger partial charge is 0.00517 e. The topological polar surface area (TPSA) is 12.0 Å². The first-order valence-corrected chi connectivity index (χ1v) is 5.61. The summed E-state index contributed by atoms with van der Waals surface area (Å²) in [5.41, 5.74) is 0.692. The predicted octanol–water partition coefficient (Wildman–Crippen LogP) is 3.61. The summed E-state index contributed by atoms with van der Waals surface area (Å²) in [6.07, 6.45) is 5.84. The van der Waals surface area contributed by atoms with E-state index in [0.29, 0.717) is 5.41 Å². The van der Waals surface area contributed by atoms with E-state index in [9.17, 15) is 0 Å². The van der Waals surface area contributed by atoms with Gasteiger partial charge in [-0.15, -0.1) is 6.58 Å². The summed E-state index contributed by atoms with van der Waals surface area (Å²) in [7, 11) is 2.01. The number of allylic oxidation sites excluding steroid dienone is 1. The fraction of sp³-hybridized carbons (Fsp3) is 0.846. The van der Waals surface area contributed by atoms with E-state index in [2.05, 4.69) is 45.7 Å². The standard InChI is InChI=1S/C13H27N/c1-7-12(2,3)11-13(4,5)9-8-10-14-6/h7,14H,1,8-11H2,2-6H3. The first-order chi connectivity index (χ1) is 6.33. The lowest BCUT2D eigenvalue weighted by molar-refractivity contribution is 0.217. The van der Waals surface area contributed by atoms with E-state index in [1.54, 1.807) is 0 Å². The molecule has 0 aromatic heterocycles. The van der Waals surface area contributed by atoms with Crippen molar-refractivity contribution in [3.8, 4) is 0 Å². The quantitative estimate of drug-likeness (QED) is 0.485. The minimum atomic E-state index is 0.267. The van der Waals surface area contributed by atoms with Gasteiger partial charge < -0.3 is 5.32 Å². The zero-order chi connectivity index (χ0) is 11.2. The summed E-state index contributed by atoms with van der Waals surface area (Å²) >= 11 is 0. The highest BCUT2D eigenvalue weighted by molar-refractivity contribution is 4.91. The van der Waals surface area contributed by atoms with Crippen LogP contribution in [0.4, 0.5) is 0 Å². The van der Waals surface area contributed by atoms with E-state index in [-0.39, 0.29) is 5.41 Å². The van der Waals surface area contributed by atoms with Crippen molar-refractivity contribution in [3.05, 3.63) is 12.7 Å². The van der Waals surface area contributed by atoms with E-state index in [0.717, 1.165) is 6.54 Å².